The Morgan fingerprint density at radius 3 is 2.42 bits per heavy atom. The number of aliphatic hydroxyl groups is 1. The summed E-state index contributed by atoms with van der Waals surface area (Å²) >= 11 is 0. The molecule has 0 spiro atoms. The predicted octanol–water partition coefficient (Wildman–Crippen LogP) is 2.87. The van der Waals surface area contributed by atoms with Crippen LogP contribution in [-0.2, 0) is 16.6 Å². The minimum Gasteiger partial charge on any atom is -0.396 e. The number of hydrogen-bond donors (Lipinski definition) is 2. The maximum absolute atomic E-state index is 13.2. The molecule has 0 aliphatic heterocycles. The quantitative estimate of drug-likeness (QED) is 0.665. The molecule has 1 heterocycles. The van der Waals surface area contributed by atoms with E-state index in [0.717, 1.165) is 0 Å². The Morgan fingerprint density at radius 1 is 1.08 bits per heavy atom. The molecule has 26 heavy (non-hydrogen) atoms. The summed E-state index contributed by atoms with van der Waals surface area (Å²) in [7, 11) is -3.81. The maximum atomic E-state index is 13.2. The van der Waals surface area contributed by atoms with Gasteiger partial charge in [0.15, 0.2) is 5.82 Å². The molecule has 0 saturated carbocycles. The van der Waals surface area contributed by atoms with Crippen LogP contribution in [0.15, 0.2) is 65.7 Å². The molecule has 2 aromatic carbocycles. The molecule has 2 N–H and O–H groups in total. The lowest BCUT2D eigenvalue weighted by Crippen LogP contribution is -2.14. The summed E-state index contributed by atoms with van der Waals surface area (Å²) in [6.07, 6.45) is 2.15. The summed E-state index contributed by atoms with van der Waals surface area (Å²) in [5.41, 5.74) is 1.16. The molecule has 0 unspecified atom stereocenters. The highest BCUT2D eigenvalue weighted by Gasteiger charge is 2.19. The second kappa shape index (κ2) is 7.67. The number of anilines is 1. The predicted molar refractivity (Wildman–Crippen MR) is 96.6 cm³/mol. The molecular formula is C18H18FN3O3S. The van der Waals surface area contributed by atoms with Crippen LogP contribution < -0.4 is 4.72 Å². The van der Waals surface area contributed by atoms with Crippen molar-refractivity contribution in [1.29, 1.82) is 0 Å². The minimum atomic E-state index is -3.81. The number of hydrogen-bond acceptors (Lipinski definition) is 4. The fourth-order valence-corrected chi connectivity index (χ4v) is 3.51. The number of nitrogens with one attached hydrogen (secondary N) is 1. The van der Waals surface area contributed by atoms with Crippen molar-refractivity contribution in [3.63, 3.8) is 0 Å². The molecule has 6 nitrogen and oxygen atoms in total. The molecule has 3 rings (SSSR count). The van der Waals surface area contributed by atoms with Crippen LogP contribution in [0.1, 0.15) is 6.42 Å². The van der Waals surface area contributed by atoms with E-state index in [4.69, 9.17) is 5.11 Å². The topological polar surface area (TPSA) is 84.2 Å². The van der Waals surface area contributed by atoms with Crippen LogP contribution in [0.5, 0.6) is 0 Å². The summed E-state index contributed by atoms with van der Waals surface area (Å²) in [5.74, 6) is -0.230. The zero-order valence-electron chi connectivity index (χ0n) is 13.8. The first-order valence-corrected chi connectivity index (χ1v) is 9.50. The Morgan fingerprint density at radius 2 is 1.77 bits per heavy atom. The number of aliphatic hydroxyl groups excluding tert-OH is 1. The van der Waals surface area contributed by atoms with Crippen LogP contribution in [0.3, 0.4) is 0 Å². The number of nitrogens with zero attached hydrogens (tertiary/aromatic N) is 2. The highest BCUT2D eigenvalue weighted by Crippen LogP contribution is 2.29. The Kier molecular flexibility index (Phi) is 5.34. The summed E-state index contributed by atoms with van der Waals surface area (Å²) in [6.45, 7) is 0.425. The van der Waals surface area contributed by atoms with E-state index in [9.17, 15) is 12.8 Å². The van der Waals surface area contributed by atoms with Crippen LogP contribution in [-0.4, -0.2) is 29.9 Å². The lowest BCUT2D eigenvalue weighted by molar-refractivity contribution is 0.277. The van der Waals surface area contributed by atoms with Crippen molar-refractivity contribution >= 4 is 15.8 Å². The van der Waals surface area contributed by atoms with Gasteiger partial charge in [-0.25, -0.2) is 12.8 Å². The van der Waals surface area contributed by atoms with Gasteiger partial charge in [-0.1, -0.05) is 30.3 Å². The molecule has 136 valence electrons. The molecule has 3 aromatic rings. The SMILES string of the molecule is O=S(=O)(Nc1nn(CCCO)cc1-c1ccc(F)cc1)c1ccccc1. The van der Waals surface area contributed by atoms with Gasteiger partial charge >= 0.3 is 0 Å². The molecule has 0 saturated heterocycles. The smallest absolute Gasteiger partial charge is 0.263 e. The zero-order valence-corrected chi connectivity index (χ0v) is 14.7. The van der Waals surface area contributed by atoms with E-state index in [0.29, 0.717) is 24.1 Å². The number of aromatic nitrogens is 2. The Bertz CT molecular complexity index is 971. The van der Waals surface area contributed by atoms with Crippen LogP contribution in [0, 0.1) is 5.82 Å². The summed E-state index contributed by atoms with van der Waals surface area (Å²) in [5, 5.41) is 13.3. The molecule has 1 aromatic heterocycles. The van der Waals surface area contributed by atoms with Crippen molar-refractivity contribution in [1.82, 2.24) is 9.78 Å². The van der Waals surface area contributed by atoms with E-state index < -0.39 is 10.0 Å². The van der Waals surface area contributed by atoms with Crippen molar-refractivity contribution in [2.24, 2.45) is 0 Å². The summed E-state index contributed by atoms with van der Waals surface area (Å²) < 4.78 is 42.5. The third kappa shape index (κ3) is 4.09. The van der Waals surface area contributed by atoms with Crippen molar-refractivity contribution < 1.29 is 17.9 Å². The first-order chi connectivity index (χ1) is 12.5. The number of rotatable bonds is 7. The third-order valence-corrected chi connectivity index (χ3v) is 5.10. The maximum Gasteiger partial charge on any atom is 0.263 e. The van der Waals surface area contributed by atoms with Gasteiger partial charge in [-0.05, 0) is 36.2 Å². The number of benzene rings is 2. The minimum absolute atomic E-state index is 0.00316. The molecule has 0 bridgehead atoms. The largest absolute Gasteiger partial charge is 0.396 e. The Labute approximate surface area is 151 Å². The van der Waals surface area contributed by atoms with Gasteiger partial charge in [-0.15, -0.1) is 0 Å². The molecule has 8 heteroatoms. The fourth-order valence-electron chi connectivity index (χ4n) is 2.47. The molecule has 0 atom stereocenters. The van der Waals surface area contributed by atoms with Gasteiger partial charge in [-0.2, -0.15) is 5.10 Å². The molecule has 0 amide bonds. The van der Waals surface area contributed by atoms with E-state index in [1.165, 1.54) is 24.3 Å². The standard InChI is InChI=1S/C18H18FN3O3S/c19-15-9-7-14(8-10-15)17-13-22(11-4-12-23)20-18(17)21-26(24,25)16-5-2-1-3-6-16/h1-3,5-10,13,23H,4,11-12H2,(H,20,21). The molecule has 0 radical (unpaired) electrons. The Hall–Kier alpha value is -2.71. The fraction of sp³-hybridized carbons (Fsp3) is 0.167. The lowest BCUT2D eigenvalue weighted by Gasteiger charge is -2.07. The average Bonchev–Trinajstić information content (AvgIpc) is 3.03. The van der Waals surface area contributed by atoms with Gasteiger partial charge in [-0.3, -0.25) is 9.40 Å². The van der Waals surface area contributed by atoms with E-state index in [1.54, 1.807) is 41.2 Å². The van der Waals surface area contributed by atoms with Crippen molar-refractivity contribution in [2.75, 3.05) is 11.3 Å². The van der Waals surface area contributed by atoms with Crippen molar-refractivity contribution in [3.05, 3.63) is 66.6 Å². The van der Waals surface area contributed by atoms with Gasteiger partial charge in [0.2, 0.25) is 0 Å². The average molecular weight is 375 g/mol. The first kappa shape index (κ1) is 18.1. The van der Waals surface area contributed by atoms with Crippen molar-refractivity contribution in [3.8, 4) is 11.1 Å². The van der Waals surface area contributed by atoms with E-state index in [1.807, 2.05) is 0 Å². The Balaban J connectivity index is 1.99. The van der Waals surface area contributed by atoms with Crippen LogP contribution in [0.4, 0.5) is 10.2 Å². The number of aryl methyl sites for hydroxylation is 1. The molecular weight excluding hydrogens is 357 g/mol. The normalized spacial score (nSPS) is 11.5. The first-order valence-electron chi connectivity index (χ1n) is 8.02. The van der Waals surface area contributed by atoms with E-state index in [-0.39, 0.29) is 23.1 Å². The number of halogens is 1. The summed E-state index contributed by atoms with van der Waals surface area (Å²) in [6, 6.07) is 13.7. The summed E-state index contributed by atoms with van der Waals surface area (Å²) in [4.78, 5) is 0.120. The highest BCUT2D eigenvalue weighted by atomic mass is 32.2. The second-order valence-electron chi connectivity index (χ2n) is 5.66. The van der Waals surface area contributed by atoms with Crippen LogP contribution >= 0.6 is 0 Å². The number of sulfonamides is 1. The van der Waals surface area contributed by atoms with Gasteiger partial charge < -0.3 is 5.11 Å². The third-order valence-electron chi connectivity index (χ3n) is 3.75. The van der Waals surface area contributed by atoms with Crippen molar-refractivity contribution in [2.45, 2.75) is 17.9 Å². The van der Waals surface area contributed by atoms with E-state index in [2.05, 4.69) is 9.82 Å². The monoisotopic (exact) mass is 375 g/mol. The molecule has 0 aliphatic carbocycles. The van der Waals surface area contributed by atoms with Gasteiger partial charge in [0.05, 0.1) is 4.90 Å². The van der Waals surface area contributed by atoms with Gasteiger partial charge in [0, 0.05) is 24.9 Å². The van der Waals surface area contributed by atoms with Crippen LogP contribution in [0.25, 0.3) is 11.1 Å². The molecule has 0 fully saturated rings. The van der Waals surface area contributed by atoms with Crippen LogP contribution in [0.2, 0.25) is 0 Å². The van der Waals surface area contributed by atoms with E-state index >= 15 is 0 Å². The lowest BCUT2D eigenvalue weighted by atomic mass is 10.1. The van der Waals surface area contributed by atoms with Gasteiger partial charge in [0.25, 0.3) is 10.0 Å². The zero-order chi connectivity index (χ0) is 18.6. The van der Waals surface area contributed by atoms with Gasteiger partial charge in [0.1, 0.15) is 5.82 Å². The molecule has 0 aliphatic rings. The highest BCUT2D eigenvalue weighted by molar-refractivity contribution is 7.92. The second-order valence-corrected chi connectivity index (χ2v) is 7.34.